The number of fused-ring (bicyclic) bond motifs is 3. The molecule has 4 rings (SSSR count). The first-order chi connectivity index (χ1) is 13.6. The van der Waals surface area contributed by atoms with Crippen LogP contribution in [0.1, 0.15) is 36.7 Å². The maximum absolute atomic E-state index is 13.2. The summed E-state index contributed by atoms with van der Waals surface area (Å²) in [6.07, 6.45) is 1.83. The number of carbonyl (C=O) groups excluding carboxylic acids is 1. The van der Waals surface area contributed by atoms with E-state index in [2.05, 4.69) is 11.1 Å². The minimum atomic E-state index is -0.849. The number of ketones is 1. The van der Waals surface area contributed by atoms with Crippen LogP contribution in [-0.4, -0.2) is 28.9 Å². The molecule has 4 aromatic rings. The molecule has 0 saturated heterocycles. The van der Waals surface area contributed by atoms with Gasteiger partial charge in [0.2, 0.25) is 5.78 Å². The van der Waals surface area contributed by atoms with Crippen molar-refractivity contribution in [3.05, 3.63) is 62.1 Å². The lowest BCUT2D eigenvalue weighted by Crippen LogP contribution is -2.42. The molecule has 1 aromatic carbocycles. The van der Waals surface area contributed by atoms with Gasteiger partial charge in [-0.1, -0.05) is 12.1 Å². The van der Waals surface area contributed by atoms with E-state index in [0.29, 0.717) is 11.4 Å². The lowest BCUT2D eigenvalue weighted by Gasteiger charge is -2.12. The molecule has 0 saturated carbocycles. The second-order valence-electron chi connectivity index (χ2n) is 7.65. The summed E-state index contributed by atoms with van der Waals surface area (Å²) in [6, 6.07) is 5.30. The highest BCUT2D eigenvalue weighted by Crippen LogP contribution is 2.24. The summed E-state index contributed by atoms with van der Waals surface area (Å²) in [7, 11) is 1.56. The van der Waals surface area contributed by atoms with Crippen molar-refractivity contribution in [2.45, 2.75) is 40.7 Å². The third-order valence-corrected chi connectivity index (χ3v) is 5.56. The third kappa shape index (κ3) is 2.59. The molecule has 0 aliphatic carbocycles. The molecule has 0 bridgehead atoms. The predicted octanol–water partition coefficient (Wildman–Crippen LogP) is 2.21. The van der Waals surface area contributed by atoms with Crippen LogP contribution in [0, 0.1) is 20.8 Å². The van der Waals surface area contributed by atoms with E-state index in [9.17, 15) is 14.4 Å². The molecule has 150 valence electrons. The first kappa shape index (κ1) is 18.9. The SMILES string of the molecule is CC(=O)C(C)n1c(=O)c2c(nc3n(-c4cc(C)ccc4C)c(C)cn23)n(C)c1=O. The summed E-state index contributed by atoms with van der Waals surface area (Å²) < 4.78 is 6.01. The highest BCUT2D eigenvalue weighted by atomic mass is 16.2. The normalized spacial score (nSPS) is 12.8. The molecule has 8 heteroatoms. The van der Waals surface area contributed by atoms with Crippen molar-refractivity contribution in [1.82, 2.24) is 23.1 Å². The van der Waals surface area contributed by atoms with Crippen molar-refractivity contribution in [1.29, 1.82) is 0 Å². The summed E-state index contributed by atoms with van der Waals surface area (Å²) in [5.41, 5.74) is 3.55. The van der Waals surface area contributed by atoms with E-state index < -0.39 is 17.3 Å². The quantitative estimate of drug-likeness (QED) is 0.534. The number of hydrogen-bond donors (Lipinski definition) is 0. The molecule has 3 heterocycles. The molecule has 0 radical (unpaired) electrons. The number of aromatic nitrogens is 5. The van der Waals surface area contributed by atoms with Gasteiger partial charge in [0.05, 0.1) is 11.7 Å². The number of imidazole rings is 2. The fourth-order valence-electron chi connectivity index (χ4n) is 3.76. The molecule has 0 aliphatic heterocycles. The van der Waals surface area contributed by atoms with Gasteiger partial charge >= 0.3 is 5.69 Å². The Kier molecular flexibility index (Phi) is 4.11. The van der Waals surface area contributed by atoms with Crippen LogP contribution in [0.3, 0.4) is 0 Å². The zero-order valence-electron chi connectivity index (χ0n) is 17.3. The number of rotatable bonds is 3. The molecule has 29 heavy (non-hydrogen) atoms. The predicted molar refractivity (Wildman–Crippen MR) is 111 cm³/mol. The van der Waals surface area contributed by atoms with Gasteiger partial charge in [-0.25, -0.2) is 9.36 Å². The van der Waals surface area contributed by atoms with Crippen molar-refractivity contribution in [2.75, 3.05) is 0 Å². The summed E-state index contributed by atoms with van der Waals surface area (Å²) in [4.78, 5) is 42.5. The maximum atomic E-state index is 13.2. The lowest BCUT2D eigenvalue weighted by molar-refractivity contribution is -0.119. The molecule has 3 aromatic heterocycles. The first-order valence-corrected chi connectivity index (χ1v) is 9.43. The monoisotopic (exact) mass is 393 g/mol. The lowest BCUT2D eigenvalue weighted by atomic mass is 10.1. The van der Waals surface area contributed by atoms with Crippen LogP contribution < -0.4 is 11.2 Å². The zero-order valence-corrected chi connectivity index (χ0v) is 17.3. The zero-order chi connectivity index (χ0) is 21.2. The Bertz CT molecular complexity index is 1430. The van der Waals surface area contributed by atoms with Crippen LogP contribution in [-0.2, 0) is 11.8 Å². The highest BCUT2D eigenvalue weighted by molar-refractivity contribution is 5.81. The molecular formula is C21H23N5O3. The second-order valence-corrected chi connectivity index (χ2v) is 7.65. The van der Waals surface area contributed by atoms with Gasteiger partial charge < -0.3 is 0 Å². The minimum Gasteiger partial charge on any atom is -0.298 e. The van der Waals surface area contributed by atoms with Gasteiger partial charge in [0.15, 0.2) is 16.9 Å². The maximum Gasteiger partial charge on any atom is 0.333 e. The van der Waals surface area contributed by atoms with E-state index in [-0.39, 0.29) is 11.3 Å². The molecule has 8 nitrogen and oxygen atoms in total. The third-order valence-electron chi connectivity index (χ3n) is 5.56. The van der Waals surface area contributed by atoms with Gasteiger partial charge in [-0.3, -0.25) is 23.1 Å². The molecule has 0 aliphatic rings. The molecular weight excluding hydrogens is 370 g/mol. The van der Waals surface area contributed by atoms with Crippen LogP contribution >= 0.6 is 0 Å². The average molecular weight is 393 g/mol. The molecule has 0 spiro atoms. The van der Waals surface area contributed by atoms with Crippen LogP contribution in [0.15, 0.2) is 34.0 Å². The Balaban J connectivity index is 2.17. The van der Waals surface area contributed by atoms with E-state index in [4.69, 9.17) is 0 Å². The summed E-state index contributed by atoms with van der Waals surface area (Å²) in [5.74, 6) is 0.292. The standard InChI is InChI=1S/C21H23N5O3/c1-11-7-8-12(2)16(9-11)25-13(3)10-24-17-18(22-20(24)25)23(6)21(29)26(19(17)28)14(4)15(5)27/h7-10,14H,1-6H3. The van der Waals surface area contributed by atoms with Crippen molar-refractivity contribution < 1.29 is 4.79 Å². The topological polar surface area (TPSA) is 83.3 Å². The number of benzene rings is 1. The van der Waals surface area contributed by atoms with Gasteiger partial charge in [-0.05, 0) is 51.8 Å². The Hall–Kier alpha value is -3.42. The van der Waals surface area contributed by atoms with E-state index in [0.717, 1.165) is 27.1 Å². The number of Topliss-reactive ketones (excluding diaryl/α,β-unsaturated/α-hetero) is 1. The second kappa shape index (κ2) is 6.30. The van der Waals surface area contributed by atoms with Crippen molar-refractivity contribution >= 4 is 22.7 Å². The molecule has 0 N–H and O–H groups in total. The van der Waals surface area contributed by atoms with Gasteiger partial charge in [0.25, 0.3) is 5.56 Å². The van der Waals surface area contributed by atoms with Crippen molar-refractivity contribution in [2.24, 2.45) is 7.05 Å². The van der Waals surface area contributed by atoms with Crippen LogP contribution in [0.5, 0.6) is 0 Å². The fraction of sp³-hybridized carbons (Fsp3) is 0.333. The molecule has 0 amide bonds. The van der Waals surface area contributed by atoms with Gasteiger partial charge in [-0.2, -0.15) is 4.98 Å². The van der Waals surface area contributed by atoms with Crippen molar-refractivity contribution in [3.8, 4) is 5.69 Å². The number of carbonyl (C=O) groups is 1. The number of aryl methyl sites for hydroxylation is 4. The van der Waals surface area contributed by atoms with E-state index in [1.54, 1.807) is 18.4 Å². The largest absolute Gasteiger partial charge is 0.333 e. The molecule has 1 unspecified atom stereocenters. The Morgan fingerprint density at radius 3 is 2.48 bits per heavy atom. The summed E-state index contributed by atoms with van der Waals surface area (Å²) >= 11 is 0. The van der Waals surface area contributed by atoms with Gasteiger partial charge in [0.1, 0.15) is 0 Å². The highest BCUT2D eigenvalue weighted by Gasteiger charge is 2.24. The fourth-order valence-corrected chi connectivity index (χ4v) is 3.76. The minimum absolute atomic E-state index is 0.256. The van der Waals surface area contributed by atoms with E-state index >= 15 is 0 Å². The average Bonchev–Trinajstić information content (AvgIpc) is 3.16. The van der Waals surface area contributed by atoms with Crippen molar-refractivity contribution in [3.63, 3.8) is 0 Å². The molecule has 0 fully saturated rings. The molecule has 1 atom stereocenters. The number of hydrogen-bond acceptors (Lipinski definition) is 4. The van der Waals surface area contributed by atoms with Crippen LogP contribution in [0.2, 0.25) is 0 Å². The van der Waals surface area contributed by atoms with Crippen LogP contribution in [0.25, 0.3) is 22.6 Å². The Morgan fingerprint density at radius 1 is 1.14 bits per heavy atom. The van der Waals surface area contributed by atoms with Gasteiger partial charge in [-0.15, -0.1) is 0 Å². The van der Waals surface area contributed by atoms with Crippen LogP contribution in [0.4, 0.5) is 0 Å². The smallest absolute Gasteiger partial charge is 0.298 e. The summed E-state index contributed by atoms with van der Waals surface area (Å²) in [6.45, 7) is 8.91. The Morgan fingerprint density at radius 2 is 1.83 bits per heavy atom. The first-order valence-electron chi connectivity index (χ1n) is 9.43. The summed E-state index contributed by atoms with van der Waals surface area (Å²) in [5, 5.41) is 0. The Labute approximate surface area is 166 Å². The van der Waals surface area contributed by atoms with Gasteiger partial charge in [0, 0.05) is 18.9 Å². The number of nitrogens with zero attached hydrogens (tertiary/aromatic N) is 5. The van der Waals surface area contributed by atoms with E-state index in [1.165, 1.54) is 11.5 Å². The van der Waals surface area contributed by atoms with E-state index in [1.807, 2.05) is 43.7 Å².